The van der Waals surface area contributed by atoms with E-state index in [2.05, 4.69) is 0 Å². The van der Waals surface area contributed by atoms with Gasteiger partial charge in [0, 0.05) is 5.56 Å². The Balaban J connectivity index is 0.00000200. The smallest absolute Gasteiger partial charge is 0.545 e. The first-order valence-corrected chi connectivity index (χ1v) is 5.70. The molecule has 2 aromatic carbocycles. The van der Waals surface area contributed by atoms with Crippen molar-refractivity contribution < 1.29 is 49.0 Å². The molecule has 0 saturated carbocycles. The number of rotatable bonds is 4. The van der Waals surface area contributed by atoms with Crippen LogP contribution in [0.25, 0.3) is 0 Å². The van der Waals surface area contributed by atoms with Crippen LogP contribution in [0.4, 0.5) is 0 Å². The van der Waals surface area contributed by atoms with Crippen LogP contribution >= 0.6 is 0 Å². The van der Waals surface area contributed by atoms with Gasteiger partial charge < -0.3 is 14.6 Å². The molecule has 0 radical (unpaired) electrons. The molecule has 0 amide bonds. The Morgan fingerprint density at radius 1 is 0.900 bits per heavy atom. The summed E-state index contributed by atoms with van der Waals surface area (Å²) in [4.78, 5) is 22.7. The van der Waals surface area contributed by atoms with E-state index < -0.39 is 11.9 Å². The molecule has 2 aromatic rings. The van der Waals surface area contributed by atoms with E-state index in [1.807, 2.05) is 30.3 Å². The van der Waals surface area contributed by atoms with Crippen molar-refractivity contribution in [3.8, 4) is 0 Å². The molecule has 0 bridgehead atoms. The molecule has 0 unspecified atom stereocenters. The first-order valence-electron chi connectivity index (χ1n) is 5.70. The predicted molar refractivity (Wildman–Crippen MR) is 66.3 cm³/mol. The zero-order valence-electron chi connectivity index (χ0n) is 11.0. The van der Waals surface area contributed by atoms with Crippen molar-refractivity contribution in [3.05, 3.63) is 71.3 Å². The van der Waals surface area contributed by atoms with Crippen molar-refractivity contribution in [2.24, 2.45) is 0 Å². The third-order valence-electron chi connectivity index (χ3n) is 2.58. The summed E-state index contributed by atoms with van der Waals surface area (Å²) in [6.45, 7) is 0.0983. The van der Waals surface area contributed by atoms with E-state index in [0.717, 1.165) is 5.56 Å². The Hall–Kier alpha value is -1.62. The second-order valence-electron chi connectivity index (χ2n) is 3.89. The molecule has 4 nitrogen and oxygen atoms in total. The second-order valence-corrected chi connectivity index (χ2v) is 3.89. The van der Waals surface area contributed by atoms with Crippen LogP contribution in [0, 0.1) is 0 Å². The van der Waals surface area contributed by atoms with Crippen LogP contribution in [0.1, 0.15) is 26.3 Å². The molecular weight excluding hydrogens is 267 g/mol. The zero-order chi connectivity index (χ0) is 13.7. The number of carboxylic acids is 1. The summed E-state index contributed by atoms with van der Waals surface area (Å²) in [5.41, 5.74) is 0.667. The quantitative estimate of drug-likeness (QED) is 0.499. The third kappa shape index (κ3) is 4.20. The maximum absolute atomic E-state index is 11.8. The standard InChI is InChI=1S/C15H12O4.Na/c16-14(17)12-8-4-5-9-13(12)15(18)19-10-11-6-2-1-3-7-11;/h1-9H,10H2,(H,16,17);/q;+1/p-1. The van der Waals surface area contributed by atoms with Gasteiger partial charge >= 0.3 is 35.5 Å². The average molecular weight is 278 g/mol. The van der Waals surface area contributed by atoms with Gasteiger partial charge in [0.2, 0.25) is 0 Å². The Bertz CT molecular complexity index is 596. The molecule has 0 aliphatic rings. The zero-order valence-corrected chi connectivity index (χ0v) is 13.0. The van der Waals surface area contributed by atoms with Crippen molar-refractivity contribution >= 4 is 11.9 Å². The van der Waals surface area contributed by atoms with Gasteiger partial charge in [-0.15, -0.1) is 0 Å². The number of aromatic carboxylic acids is 1. The minimum absolute atomic E-state index is 0. The summed E-state index contributed by atoms with van der Waals surface area (Å²) in [5, 5.41) is 10.9. The van der Waals surface area contributed by atoms with Gasteiger partial charge in [-0.1, -0.05) is 48.5 Å². The molecule has 0 spiro atoms. The number of ether oxygens (including phenoxy) is 1. The largest absolute Gasteiger partial charge is 1.00 e. The summed E-state index contributed by atoms with van der Waals surface area (Å²) in [6.07, 6.45) is 0. The molecule has 0 N–H and O–H groups in total. The normalized spacial score (nSPS) is 9.40. The minimum Gasteiger partial charge on any atom is -0.545 e. The predicted octanol–water partition coefficient (Wildman–Crippen LogP) is -1.59. The summed E-state index contributed by atoms with van der Waals surface area (Å²) < 4.78 is 5.07. The van der Waals surface area contributed by atoms with E-state index in [1.54, 1.807) is 6.07 Å². The van der Waals surface area contributed by atoms with E-state index in [4.69, 9.17) is 4.74 Å². The van der Waals surface area contributed by atoms with Crippen LogP contribution in [0.5, 0.6) is 0 Å². The first-order chi connectivity index (χ1) is 9.18. The van der Waals surface area contributed by atoms with Crippen molar-refractivity contribution in [1.29, 1.82) is 0 Å². The van der Waals surface area contributed by atoms with Gasteiger partial charge in [0.15, 0.2) is 0 Å². The van der Waals surface area contributed by atoms with Gasteiger partial charge in [0.05, 0.1) is 11.5 Å². The Morgan fingerprint density at radius 2 is 1.45 bits per heavy atom. The van der Waals surface area contributed by atoms with Crippen LogP contribution in [0.3, 0.4) is 0 Å². The number of esters is 1. The Morgan fingerprint density at radius 3 is 2.05 bits per heavy atom. The molecule has 0 aromatic heterocycles. The number of hydrogen-bond donors (Lipinski definition) is 0. The van der Waals surface area contributed by atoms with Crippen LogP contribution < -0.4 is 34.7 Å². The monoisotopic (exact) mass is 278 g/mol. The topological polar surface area (TPSA) is 66.4 Å². The summed E-state index contributed by atoms with van der Waals surface area (Å²) in [5.74, 6) is -2.07. The van der Waals surface area contributed by atoms with Crippen LogP contribution in [0.2, 0.25) is 0 Å². The van der Waals surface area contributed by atoms with Crippen molar-refractivity contribution in [2.45, 2.75) is 6.61 Å². The third-order valence-corrected chi connectivity index (χ3v) is 2.58. The average Bonchev–Trinajstić information content (AvgIpc) is 2.46. The molecular formula is C15H11NaO4. The van der Waals surface area contributed by atoms with Crippen LogP contribution in [-0.4, -0.2) is 11.9 Å². The molecule has 0 fully saturated rings. The summed E-state index contributed by atoms with van der Waals surface area (Å²) >= 11 is 0. The maximum Gasteiger partial charge on any atom is 1.00 e. The fourth-order valence-corrected chi connectivity index (χ4v) is 1.64. The van der Waals surface area contributed by atoms with Gasteiger partial charge in [0.1, 0.15) is 6.61 Å². The number of hydrogen-bond acceptors (Lipinski definition) is 4. The number of carbonyl (C=O) groups is 2. The van der Waals surface area contributed by atoms with Gasteiger partial charge in [0.25, 0.3) is 0 Å². The molecule has 0 aliphatic carbocycles. The van der Waals surface area contributed by atoms with E-state index in [0.29, 0.717) is 0 Å². The summed E-state index contributed by atoms with van der Waals surface area (Å²) in [6, 6.07) is 15.0. The van der Waals surface area contributed by atoms with Crippen molar-refractivity contribution in [2.75, 3.05) is 0 Å². The van der Waals surface area contributed by atoms with Crippen LogP contribution in [-0.2, 0) is 11.3 Å². The van der Waals surface area contributed by atoms with Crippen LogP contribution in [0.15, 0.2) is 54.6 Å². The molecule has 2 rings (SSSR count). The fraction of sp³-hybridized carbons (Fsp3) is 0.0667. The molecule has 0 heterocycles. The molecule has 0 saturated heterocycles. The van der Waals surface area contributed by atoms with Gasteiger partial charge in [-0.05, 0) is 11.6 Å². The Labute approximate surface area is 138 Å². The van der Waals surface area contributed by atoms with Gasteiger partial charge in [-0.2, -0.15) is 0 Å². The van der Waals surface area contributed by atoms with E-state index in [9.17, 15) is 14.7 Å². The van der Waals surface area contributed by atoms with Crippen molar-refractivity contribution in [1.82, 2.24) is 0 Å². The fourth-order valence-electron chi connectivity index (χ4n) is 1.64. The number of carbonyl (C=O) groups excluding carboxylic acids is 2. The second kappa shape index (κ2) is 7.85. The van der Waals surface area contributed by atoms with E-state index in [-0.39, 0.29) is 47.3 Å². The minimum atomic E-state index is -1.40. The van der Waals surface area contributed by atoms with E-state index in [1.165, 1.54) is 18.2 Å². The maximum atomic E-state index is 11.8. The molecule has 5 heteroatoms. The molecule has 96 valence electrons. The molecule has 0 atom stereocenters. The van der Waals surface area contributed by atoms with Gasteiger partial charge in [-0.3, -0.25) is 0 Å². The molecule has 0 aliphatic heterocycles. The van der Waals surface area contributed by atoms with E-state index >= 15 is 0 Å². The van der Waals surface area contributed by atoms with Crippen molar-refractivity contribution in [3.63, 3.8) is 0 Å². The number of carboxylic acid groups (broad SMARTS) is 1. The number of benzene rings is 2. The summed E-state index contributed by atoms with van der Waals surface area (Å²) in [7, 11) is 0. The molecule has 20 heavy (non-hydrogen) atoms. The first kappa shape index (κ1) is 16.4. The SMILES string of the molecule is O=C([O-])c1ccccc1C(=O)OCc1ccccc1.[Na+]. The Kier molecular flexibility index (Phi) is 6.45. The van der Waals surface area contributed by atoms with Gasteiger partial charge in [-0.25, -0.2) is 4.79 Å².